The van der Waals surface area contributed by atoms with E-state index in [1.165, 1.54) is 50.8 Å². The van der Waals surface area contributed by atoms with Gasteiger partial charge in [0.1, 0.15) is 0 Å². The lowest BCUT2D eigenvalue weighted by atomic mass is 9.77. The normalized spacial score (nSPS) is 31.7. The Morgan fingerprint density at radius 3 is 2.57 bits per heavy atom. The zero-order valence-corrected chi connectivity index (χ0v) is 14.9. The van der Waals surface area contributed by atoms with Gasteiger partial charge in [0, 0.05) is 26.2 Å². The summed E-state index contributed by atoms with van der Waals surface area (Å²) in [5.74, 6) is 2.46. The molecule has 0 N–H and O–H groups in total. The van der Waals surface area contributed by atoms with Crippen LogP contribution in [0.4, 0.5) is 0 Å². The third-order valence-corrected chi connectivity index (χ3v) is 5.86. The van der Waals surface area contributed by atoms with Crippen molar-refractivity contribution in [3.8, 4) is 0 Å². The summed E-state index contributed by atoms with van der Waals surface area (Å²) >= 11 is 0. The van der Waals surface area contributed by atoms with Crippen LogP contribution in [0.1, 0.15) is 51.5 Å². The largest absolute Gasteiger partial charge is 0.378 e. The second kappa shape index (κ2) is 8.30. The molecule has 4 unspecified atom stereocenters. The Hall–Kier alpha value is -0.860. The molecule has 3 rings (SSSR count). The van der Waals surface area contributed by atoms with E-state index in [0.29, 0.717) is 6.10 Å². The van der Waals surface area contributed by atoms with E-state index in [1.807, 2.05) is 0 Å². The Labute approximate surface area is 142 Å². The van der Waals surface area contributed by atoms with Crippen LogP contribution in [0.3, 0.4) is 0 Å². The predicted octanol–water partition coefficient (Wildman–Crippen LogP) is 4.74. The van der Waals surface area contributed by atoms with Crippen LogP contribution in [0.2, 0.25) is 0 Å². The molecule has 2 heterocycles. The summed E-state index contributed by atoms with van der Waals surface area (Å²) in [4.78, 5) is 2.70. The van der Waals surface area contributed by atoms with Crippen LogP contribution in [0, 0.1) is 17.8 Å². The summed E-state index contributed by atoms with van der Waals surface area (Å²) in [6.45, 7) is 9.26. The van der Waals surface area contributed by atoms with Crippen molar-refractivity contribution >= 4 is 0 Å². The van der Waals surface area contributed by atoms with E-state index in [9.17, 15) is 0 Å². The molecule has 1 aromatic carbocycles. The maximum Gasteiger partial charge on any atom is 0.0606 e. The highest BCUT2D eigenvalue weighted by atomic mass is 16.5. The number of hydrogen-bond donors (Lipinski definition) is 0. The molecule has 0 bridgehead atoms. The highest BCUT2D eigenvalue weighted by Crippen LogP contribution is 2.40. The van der Waals surface area contributed by atoms with Gasteiger partial charge in [0.2, 0.25) is 0 Å². The number of rotatable bonds is 6. The Balaban J connectivity index is 1.68. The van der Waals surface area contributed by atoms with Crippen molar-refractivity contribution in [2.45, 2.75) is 58.6 Å². The first kappa shape index (κ1) is 17.0. The van der Waals surface area contributed by atoms with Gasteiger partial charge in [-0.15, -0.1) is 0 Å². The summed E-state index contributed by atoms with van der Waals surface area (Å²) in [7, 11) is 0. The molecule has 128 valence electrons. The molecular formula is C21H33NO. The van der Waals surface area contributed by atoms with Crippen LogP contribution >= 0.6 is 0 Å². The van der Waals surface area contributed by atoms with Gasteiger partial charge in [0.25, 0.3) is 0 Å². The summed E-state index contributed by atoms with van der Waals surface area (Å²) in [6.07, 6.45) is 6.88. The number of hydrogen-bond acceptors (Lipinski definition) is 2. The number of fused-ring (bicyclic) bond motifs is 1. The number of nitrogens with zero attached hydrogens (tertiary/aromatic N) is 1. The van der Waals surface area contributed by atoms with Gasteiger partial charge >= 0.3 is 0 Å². The van der Waals surface area contributed by atoms with Crippen LogP contribution < -0.4 is 0 Å². The molecule has 0 aliphatic carbocycles. The Kier molecular flexibility index (Phi) is 6.13. The van der Waals surface area contributed by atoms with E-state index in [1.54, 1.807) is 0 Å². The minimum Gasteiger partial charge on any atom is -0.378 e. The average molecular weight is 316 g/mol. The molecule has 0 spiro atoms. The van der Waals surface area contributed by atoms with E-state index in [0.717, 1.165) is 30.9 Å². The monoisotopic (exact) mass is 315 g/mol. The highest BCUT2D eigenvalue weighted by Gasteiger charge is 2.42. The van der Waals surface area contributed by atoms with Crippen molar-refractivity contribution in [2.75, 3.05) is 19.7 Å². The van der Waals surface area contributed by atoms with E-state index in [-0.39, 0.29) is 0 Å². The van der Waals surface area contributed by atoms with Gasteiger partial charge in [-0.1, -0.05) is 57.0 Å². The minimum atomic E-state index is 0.506. The van der Waals surface area contributed by atoms with Crippen molar-refractivity contribution in [3.05, 3.63) is 35.9 Å². The number of ether oxygens (including phenoxy) is 1. The van der Waals surface area contributed by atoms with Crippen LogP contribution in [-0.4, -0.2) is 30.7 Å². The van der Waals surface area contributed by atoms with Crippen molar-refractivity contribution in [1.82, 2.24) is 4.90 Å². The fraction of sp³-hybridized carbons (Fsp3) is 0.714. The van der Waals surface area contributed by atoms with Gasteiger partial charge in [0.05, 0.1) is 6.10 Å². The zero-order chi connectivity index (χ0) is 16.1. The summed E-state index contributed by atoms with van der Waals surface area (Å²) in [6, 6.07) is 11.0. The van der Waals surface area contributed by atoms with Crippen molar-refractivity contribution < 1.29 is 4.74 Å². The molecule has 2 nitrogen and oxygen atoms in total. The van der Waals surface area contributed by atoms with Gasteiger partial charge in [-0.25, -0.2) is 0 Å². The predicted molar refractivity (Wildman–Crippen MR) is 96.4 cm³/mol. The van der Waals surface area contributed by atoms with Crippen LogP contribution in [0.25, 0.3) is 0 Å². The lowest BCUT2D eigenvalue weighted by molar-refractivity contribution is 0.00266. The second-order valence-corrected chi connectivity index (χ2v) is 7.54. The molecule has 2 saturated heterocycles. The fourth-order valence-corrected chi connectivity index (χ4v) is 4.84. The Bertz CT molecular complexity index is 460. The van der Waals surface area contributed by atoms with Gasteiger partial charge in [0.15, 0.2) is 0 Å². The van der Waals surface area contributed by atoms with Crippen LogP contribution in [-0.2, 0) is 11.3 Å². The molecule has 0 radical (unpaired) electrons. The van der Waals surface area contributed by atoms with Gasteiger partial charge in [-0.3, -0.25) is 4.90 Å². The van der Waals surface area contributed by atoms with Crippen molar-refractivity contribution in [2.24, 2.45) is 17.8 Å². The maximum absolute atomic E-state index is 6.28. The lowest BCUT2D eigenvalue weighted by Gasteiger charge is -2.31. The smallest absolute Gasteiger partial charge is 0.0606 e. The Morgan fingerprint density at radius 2 is 1.83 bits per heavy atom. The van der Waals surface area contributed by atoms with E-state index < -0.39 is 0 Å². The van der Waals surface area contributed by atoms with E-state index >= 15 is 0 Å². The highest BCUT2D eigenvalue weighted by molar-refractivity contribution is 5.14. The fourth-order valence-electron chi connectivity index (χ4n) is 4.84. The van der Waals surface area contributed by atoms with Crippen LogP contribution in [0.15, 0.2) is 30.3 Å². The molecule has 2 fully saturated rings. The first-order chi connectivity index (χ1) is 11.3. The van der Waals surface area contributed by atoms with Crippen molar-refractivity contribution in [3.63, 3.8) is 0 Å². The molecule has 23 heavy (non-hydrogen) atoms. The average Bonchev–Trinajstić information content (AvgIpc) is 2.88. The third-order valence-electron chi connectivity index (χ3n) is 5.86. The van der Waals surface area contributed by atoms with E-state index in [4.69, 9.17) is 4.74 Å². The Morgan fingerprint density at radius 1 is 1.04 bits per heavy atom. The second-order valence-electron chi connectivity index (χ2n) is 7.54. The first-order valence-corrected chi connectivity index (χ1v) is 9.69. The van der Waals surface area contributed by atoms with Gasteiger partial charge < -0.3 is 4.74 Å². The van der Waals surface area contributed by atoms with E-state index in [2.05, 4.69) is 49.1 Å². The molecule has 2 aliphatic rings. The third kappa shape index (κ3) is 4.16. The quantitative estimate of drug-likeness (QED) is 0.752. The maximum atomic E-state index is 6.28. The molecule has 1 aromatic rings. The molecule has 0 saturated carbocycles. The summed E-state index contributed by atoms with van der Waals surface area (Å²) in [5, 5.41) is 0. The topological polar surface area (TPSA) is 12.5 Å². The van der Waals surface area contributed by atoms with Gasteiger partial charge in [-0.05, 0) is 42.6 Å². The minimum absolute atomic E-state index is 0.506. The molecule has 4 atom stereocenters. The number of likely N-dealkylation sites (tertiary alicyclic amines) is 1. The molecule has 2 heteroatoms. The SMILES string of the molecule is CCCC1OCCC2CN(Cc3ccccc3)CC2C1CCC. The number of benzene rings is 1. The first-order valence-electron chi connectivity index (χ1n) is 9.69. The van der Waals surface area contributed by atoms with Crippen LogP contribution in [0.5, 0.6) is 0 Å². The zero-order valence-electron chi connectivity index (χ0n) is 14.9. The lowest BCUT2D eigenvalue weighted by Crippen LogP contribution is -2.32. The standard InChI is InChI=1S/C21H33NO/c1-3-8-19-20-16-22(14-17-10-6-5-7-11-17)15-18(20)12-13-23-21(19)9-4-2/h5-7,10-11,18-21H,3-4,8-9,12-16H2,1-2H3. The molecule has 2 aliphatic heterocycles. The molecule has 0 aromatic heterocycles. The summed E-state index contributed by atoms with van der Waals surface area (Å²) in [5.41, 5.74) is 1.46. The molecular weight excluding hydrogens is 282 g/mol. The van der Waals surface area contributed by atoms with Gasteiger partial charge in [-0.2, -0.15) is 0 Å². The molecule has 0 amide bonds. The summed E-state index contributed by atoms with van der Waals surface area (Å²) < 4.78 is 6.28. The van der Waals surface area contributed by atoms with Crippen molar-refractivity contribution in [1.29, 1.82) is 0 Å².